The molecule has 230 valence electrons. The average molecular weight is 577 g/mol. The zero-order chi connectivity index (χ0) is 31.2. The van der Waals surface area contributed by atoms with Crippen molar-refractivity contribution in [2.45, 2.75) is 102 Å². The van der Waals surface area contributed by atoms with Crippen LogP contribution in [-0.2, 0) is 28.8 Å². The van der Waals surface area contributed by atoms with Gasteiger partial charge in [0.2, 0.25) is 23.6 Å². The molecule has 40 heavy (non-hydrogen) atoms. The van der Waals surface area contributed by atoms with Crippen LogP contribution in [0.1, 0.15) is 59.8 Å². The lowest BCUT2D eigenvalue weighted by molar-refractivity contribution is -0.145. The molecular formula is C24H44N6O10. The quantitative estimate of drug-likeness (QED) is 0.0678. The summed E-state index contributed by atoms with van der Waals surface area (Å²) in [6, 6.07) is -6.92. The Morgan fingerprint density at radius 1 is 0.675 bits per heavy atom. The summed E-state index contributed by atoms with van der Waals surface area (Å²) >= 11 is 0. The molecule has 0 bridgehead atoms. The van der Waals surface area contributed by atoms with Crippen molar-refractivity contribution in [2.24, 2.45) is 17.4 Å². The number of unbranched alkanes of at least 4 members (excludes halogenated alkanes) is 1. The molecule has 0 aromatic rings. The van der Waals surface area contributed by atoms with Gasteiger partial charge in [-0.2, -0.15) is 0 Å². The summed E-state index contributed by atoms with van der Waals surface area (Å²) in [6.07, 6.45) is -2.55. The van der Waals surface area contributed by atoms with Gasteiger partial charge in [0.25, 0.3) is 0 Å². The van der Waals surface area contributed by atoms with Gasteiger partial charge in [0, 0.05) is 6.42 Å². The molecule has 0 spiro atoms. The first kappa shape index (κ1) is 36.7. The van der Waals surface area contributed by atoms with Crippen LogP contribution in [-0.4, -0.2) is 105 Å². The predicted molar refractivity (Wildman–Crippen MR) is 141 cm³/mol. The van der Waals surface area contributed by atoms with Gasteiger partial charge in [-0.3, -0.25) is 24.0 Å². The Bertz CT molecular complexity index is 882. The monoisotopic (exact) mass is 576 g/mol. The van der Waals surface area contributed by atoms with Crippen molar-refractivity contribution in [1.82, 2.24) is 21.3 Å². The number of aliphatic hydroxyl groups excluding tert-OH is 2. The Balaban J connectivity index is 5.82. The first-order chi connectivity index (χ1) is 18.5. The largest absolute Gasteiger partial charge is 0.481 e. The highest BCUT2D eigenvalue weighted by Crippen LogP contribution is 2.09. The Hall–Kier alpha value is -3.34. The Morgan fingerprint density at radius 3 is 1.60 bits per heavy atom. The lowest BCUT2D eigenvalue weighted by Gasteiger charge is -2.28. The fraction of sp³-hybridized carbons (Fsp3) is 0.750. The van der Waals surface area contributed by atoms with Crippen LogP contribution in [0.25, 0.3) is 0 Å². The summed E-state index contributed by atoms with van der Waals surface area (Å²) in [4.78, 5) is 73.9. The number of carboxylic acid groups (broad SMARTS) is 2. The zero-order valence-electron chi connectivity index (χ0n) is 23.3. The molecule has 0 aliphatic rings. The van der Waals surface area contributed by atoms with Crippen molar-refractivity contribution >= 4 is 35.6 Å². The highest BCUT2D eigenvalue weighted by molar-refractivity contribution is 5.95. The molecule has 16 heteroatoms. The first-order valence-electron chi connectivity index (χ1n) is 13.0. The van der Waals surface area contributed by atoms with Gasteiger partial charge in [-0.15, -0.1) is 0 Å². The second-order valence-corrected chi connectivity index (χ2v) is 9.90. The number of hydrogen-bond acceptors (Lipinski definition) is 10. The van der Waals surface area contributed by atoms with E-state index in [-0.39, 0.29) is 12.8 Å². The Kier molecular flexibility index (Phi) is 16.6. The SMILES string of the molecule is CC(C)[C@H](NC(=O)[C@H](CCC(=O)O)NC(=O)[C@@H](N)[C@@H](C)O)C(=O)N[C@@H](CCCCN)C(=O)N[C@H](C(=O)O)[C@@H](C)O. The van der Waals surface area contributed by atoms with Crippen LogP contribution in [0, 0.1) is 5.92 Å². The molecule has 0 aliphatic carbocycles. The summed E-state index contributed by atoms with van der Waals surface area (Å²) in [5.74, 6) is -6.74. The van der Waals surface area contributed by atoms with E-state index in [1.165, 1.54) is 13.8 Å². The summed E-state index contributed by atoms with van der Waals surface area (Å²) in [7, 11) is 0. The van der Waals surface area contributed by atoms with E-state index < -0.39 is 90.3 Å². The number of nitrogens with one attached hydrogen (secondary N) is 4. The lowest BCUT2D eigenvalue weighted by atomic mass is 10.0. The third-order valence-corrected chi connectivity index (χ3v) is 5.98. The number of amides is 4. The Morgan fingerprint density at radius 2 is 1.18 bits per heavy atom. The van der Waals surface area contributed by atoms with Crippen LogP contribution in [0.3, 0.4) is 0 Å². The predicted octanol–water partition coefficient (Wildman–Crippen LogP) is -3.25. The maximum absolute atomic E-state index is 13.2. The topological polar surface area (TPSA) is 284 Å². The standard InChI is InChI=1S/C24H44N6O10/c1-11(2)18(29-21(36)15(8-9-16(33)34)27-22(37)17(26)12(3)31)23(38)28-14(7-5-6-10-25)20(35)30-19(13(4)32)24(39)40/h11-15,17-19,31-32H,5-10,25-26H2,1-4H3,(H,27,37)(H,28,38)(H,29,36)(H,30,35)(H,33,34)(H,39,40)/t12-,13-,14+,15+,17+,18+,19+/m1/s1. The molecule has 16 nitrogen and oxygen atoms in total. The van der Waals surface area contributed by atoms with E-state index in [0.717, 1.165) is 0 Å². The molecule has 0 radical (unpaired) electrons. The maximum atomic E-state index is 13.2. The fourth-order valence-electron chi connectivity index (χ4n) is 3.48. The number of aliphatic carboxylic acids is 2. The van der Waals surface area contributed by atoms with E-state index >= 15 is 0 Å². The summed E-state index contributed by atoms with van der Waals surface area (Å²) in [6.45, 7) is 5.93. The lowest BCUT2D eigenvalue weighted by Crippen LogP contribution is -2.60. The van der Waals surface area contributed by atoms with Gasteiger partial charge in [-0.05, 0) is 52.0 Å². The van der Waals surface area contributed by atoms with Crippen LogP contribution >= 0.6 is 0 Å². The number of rotatable bonds is 19. The summed E-state index contributed by atoms with van der Waals surface area (Å²) < 4.78 is 0. The van der Waals surface area contributed by atoms with Crippen molar-refractivity contribution in [3.05, 3.63) is 0 Å². The average Bonchev–Trinajstić information content (AvgIpc) is 2.85. The van der Waals surface area contributed by atoms with E-state index in [4.69, 9.17) is 16.6 Å². The highest BCUT2D eigenvalue weighted by atomic mass is 16.4. The van der Waals surface area contributed by atoms with Gasteiger partial charge in [0.15, 0.2) is 6.04 Å². The van der Waals surface area contributed by atoms with Crippen molar-refractivity contribution in [3.8, 4) is 0 Å². The minimum absolute atomic E-state index is 0.0776. The molecule has 0 aromatic carbocycles. The Labute approximate surface area is 232 Å². The van der Waals surface area contributed by atoms with Crippen LogP contribution in [0.2, 0.25) is 0 Å². The van der Waals surface area contributed by atoms with E-state index in [9.17, 15) is 44.1 Å². The van der Waals surface area contributed by atoms with E-state index in [1.54, 1.807) is 13.8 Å². The van der Waals surface area contributed by atoms with Gasteiger partial charge >= 0.3 is 11.9 Å². The molecule has 0 saturated heterocycles. The van der Waals surface area contributed by atoms with Crippen molar-refractivity contribution in [1.29, 1.82) is 0 Å². The van der Waals surface area contributed by atoms with Crippen LogP contribution in [0.4, 0.5) is 0 Å². The molecular weight excluding hydrogens is 532 g/mol. The summed E-state index contributed by atoms with van der Waals surface area (Å²) in [5.41, 5.74) is 11.1. The first-order valence-corrected chi connectivity index (χ1v) is 13.0. The number of hydrogen-bond donors (Lipinski definition) is 10. The third-order valence-electron chi connectivity index (χ3n) is 5.98. The number of carbonyl (C=O) groups is 6. The normalized spacial score (nSPS) is 16.4. The van der Waals surface area contributed by atoms with Crippen LogP contribution < -0.4 is 32.7 Å². The third kappa shape index (κ3) is 13.1. The minimum Gasteiger partial charge on any atom is -0.481 e. The molecule has 0 aromatic heterocycles. The number of carboxylic acids is 2. The highest BCUT2D eigenvalue weighted by Gasteiger charge is 2.34. The molecule has 0 aliphatic heterocycles. The molecule has 0 heterocycles. The van der Waals surface area contributed by atoms with Gasteiger partial charge in [0.1, 0.15) is 24.2 Å². The molecule has 0 fully saturated rings. The smallest absolute Gasteiger partial charge is 0.328 e. The number of nitrogens with two attached hydrogens (primary N) is 2. The second kappa shape index (κ2) is 18.1. The van der Waals surface area contributed by atoms with E-state index in [1.807, 2.05) is 0 Å². The van der Waals surface area contributed by atoms with Crippen molar-refractivity contribution in [3.63, 3.8) is 0 Å². The molecule has 7 atom stereocenters. The number of carbonyl (C=O) groups excluding carboxylic acids is 4. The second-order valence-electron chi connectivity index (χ2n) is 9.90. The number of aliphatic hydroxyl groups is 2. The van der Waals surface area contributed by atoms with Gasteiger partial charge in [0.05, 0.1) is 12.2 Å². The van der Waals surface area contributed by atoms with Crippen LogP contribution in [0.15, 0.2) is 0 Å². The molecule has 12 N–H and O–H groups in total. The minimum atomic E-state index is -1.63. The van der Waals surface area contributed by atoms with Crippen LogP contribution in [0.5, 0.6) is 0 Å². The zero-order valence-corrected chi connectivity index (χ0v) is 23.3. The van der Waals surface area contributed by atoms with Gasteiger partial charge in [-0.25, -0.2) is 4.79 Å². The van der Waals surface area contributed by atoms with Gasteiger partial charge in [-0.1, -0.05) is 13.8 Å². The van der Waals surface area contributed by atoms with E-state index in [2.05, 4.69) is 21.3 Å². The molecule has 0 saturated carbocycles. The maximum Gasteiger partial charge on any atom is 0.328 e. The molecule has 0 rings (SSSR count). The van der Waals surface area contributed by atoms with Gasteiger partial charge < -0.3 is 53.2 Å². The summed E-state index contributed by atoms with van der Waals surface area (Å²) in [5, 5.41) is 47.0. The van der Waals surface area contributed by atoms with E-state index in [0.29, 0.717) is 19.4 Å². The molecule has 4 amide bonds. The van der Waals surface area contributed by atoms with Crippen molar-refractivity contribution in [2.75, 3.05) is 6.54 Å². The molecule has 0 unspecified atom stereocenters. The fourth-order valence-corrected chi connectivity index (χ4v) is 3.48. The van der Waals surface area contributed by atoms with Crippen molar-refractivity contribution < 1.29 is 49.2 Å².